The van der Waals surface area contributed by atoms with Crippen molar-refractivity contribution < 1.29 is 4.79 Å². The normalized spacial score (nSPS) is 15.8. The second-order valence-electron chi connectivity index (χ2n) is 6.10. The topological polar surface area (TPSA) is 58.1 Å². The molecule has 1 aromatic carbocycles. The Morgan fingerprint density at radius 2 is 2.17 bits per heavy atom. The number of rotatable bonds is 6. The predicted octanol–water partition coefficient (Wildman–Crippen LogP) is 2.50. The van der Waals surface area contributed by atoms with Crippen LogP contribution in [0.2, 0.25) is 0 Å². The molecule has 1 aliphatic heterocycles. The Morgan fingerprint density at radius 3 is 2.92 bits per heavy atom. The number of amides is 1. The number of nitrogens with one attached hydrogen (secondary N) is 1. The molecule has 0 radical (unpaired) electrons. The van der Waals surface area contributed by atoms with Crippen molar-refractivity contribution in [3.63, 3.8) is 0 Å². The molecular formula is C17H22N4OS2. The molecule has 7 heteroatoms. The van der Waals surface area contributed by atoms with E-state index in [-0.39, 0.29) is 11.9 Å². The lowest BCUT2D eigenvalue weighted by atomic mass is 10.00. The third kappa shape index (κ3) is 4.78. The highest BCUT2D eigenvalue weighted by Crippen LogP contribution is 2.21. The fourth-order valence-corrected chi connectivity index (χ4v) is 4.55. The SMILES string of the molecule is Cc1nnc(SCC(=O)NC(C)CN2CCc3ccccc3C2)s1. The average Bonchev–Trinajstić information content (AvgIpc) is 2.98. The molecule has 2 heterocycles. The van der Waals surface area contributed by atoms with Crippen molar-refractivity contribution in [1.82, 2.24) is 20.4 Å². The van der Waals surface area contributed by atoms with E-state index in [0.29, 0.717) is 5.75 Å². The molecule has 128 valence electrons. The first-order chi connectivity index (χ1) is 11.6. The Bertz CT molecular complexity index is 703. The first-order valence-electron chi connectivity index (χ1n) is 8.11. The molecule has 0 aliphatic carbocycles. The standard InChI is InChI=1S/C17H22N4OS2/c1-12(18-16(22)11-23-17-20-19-13(2)24-17)9-21-8-7-14-5-3-4-6-15(14)10-21/h3-6,12H,7-11H2,1-2H3,(H,18,22). The van der Waals surface area contributed by atoms with E-state index in [1.54, 1.807) is 0 Å². The van der Waals surface area contributed by atoms with E-state index < -0.39 is 0 Å². The molecule has 24 heavy (non-hydrogen) atoms. The highest BCUT2D eigenvalue weighted by atomic mass is 32.2. The number of benzene rings is 1. The van der Waals surface area contributed by atoms with Crippen LogP contribution in [0.25, 0.3) is 0 Å². The summed E-state index contributed by atoms with van der Waals surface area (Å²) in [6.45, 7) is 6.88. The van der Waals surface area contributed by atoms with Crippen LogP contribution in [0.5, 0.6) is 0 Å². The molecule has 0 saturated heterocycles. The molecular weight excluding hydrogens is 340 g/mol. The first-order valence-corrected chi connectivity index (χ1v) is 9.92. The smallest absolute Gasteiger partial charge is 0.230 e. The maximum absolute atomic E-state index is 12.1. The number of aromatic nitrogens is 2. The van der Waals surface area contributed by atoms with Gasteiger partial charge in [-0.1, -0.05) is 47.4 Å². The molecule has 3 rings (SSSR count). The molecule has 1 atom stereocenters. The van der Waals surface area contributed by atoms with Crippen LogP contribution >= 0.6 is 23.1 Å². The molecule has 1 unspecified atom stereocenters. The number of carbonyl (C=O) groups excluding carboxylic acids is 1. The van der Waals surface area contributed by atoms with Gasteiger partial charge in [0.1, 0.15) is 5.01 Å². The Labute approximate surface area is 150 Å². The van der Waals surface area contributed by atoms with Crippen LogP contribution in [0.4, 0.5) is 0 Å². The van der Waals surface area contributed by atoms with Crippen molar-refractivity contribution in [2.45, 2.75) is 37.2 Å². The zero-order chi connectivity index (χ0) is 16.9. The minimum absolute atomic E-state index is 0.0535. The summed E-state index contributed by atoms with van der Waals surface area (Å²) >= 11 is 2.97. The van der Waals surface area contributed by atoms with Gasteiger partial charge in [0.25, 0.3) is 0 Å². The van der Waals surface area contributed by atoms with Gasteiger partial charge < -0.3 is 5.32 Å². The molecule has 5 nitrogen and oxygen atoms in total. The predicted molar refractivity (Wildman–Crippen MR) is 98.4 cm³/mol. The van der Waals surface area contributed by atoms with Crippen molar-refractivity contribution in [2.75, 3.05) is 18.8 Å². The minimum atomic E-state index is 0.0535. The van der Waals surface area contributed by atoms with Crippen molar-refractivity contribution in [1.29, 1.82) is 0 Å². The van der Waals surface area contributed by atoms with E-state index in [2.05, 4.69) is 51.6 Å². The van der Waals surface area contributed by atoms with Gasteiger partial charge in [-0.25, -0.2) is 0 Å². The summed E-state index contributed by atoms with van der Waals surface area (Å²) in [4.78, 5) is 14.5. The van der Waals surface area contributed by atoms with Gasteiger partial charge >= 0.3 is 0 Å². The largest absolute Gasteiger partial charge is 0.352 e. The second kappa shape index (κ2) is 8.09. The van der Waals surface area contributed by atoms with E-state index in [9.17, 15) is 4.79 Å². The molecule has 1 N–H and O–H groups in total. The molecule has 0 saturated carbocycles. The van der Waals surface area contributed by atoms with Crippen LogP contribution in [0.3, 0.4) is 0 Å². The van der Waals surface area contributed by atoms with Gasteiger partial charge in [0.15, 0.2) is 4.34 Å². The molecule has 1 aromatic heterocycles. The van der Waals surface area contributed by atoms with E-state index in [1.807, 2.05) is 6.92 Å². The average molecular weight is 363 g/mol. The van der Waals surface area contributed by atoms with Gasteiger partial charge in [-0.15, -0.1) is 10.2 Å². The number of hydrogen-bond acceptors (Lipinski definition) is 6. The number of thioether (sulfide) groups is 1. The van der Waals surface area contributed by atoms with Gasteiger partial charge in [0.2, 0.25) is 5.91 Å². The minimum Gasteiger partial charge on any atom is -0.352 e. The maximum Gasteiger partial charge on any atom is 0.230 e. The van der Waals surface area contributed by atoms with E-state index >= 15 is 0 Å². The van der Waals surface area contributed by atoms with E-state index in [4.69, 9.17) is 0 Å². The van der Waals surface area contributed by atoms with Crippen LogP contribution in [0.1, 0.15) is 23.1 Å². The van der Waals surface area contributed by atoms with Crippen molar-refractivity contribution in [3.8, 4) is 0 Å². The highest BCUT2D eigenvalue weighted by Gasteiger charge is 2.18. The zero-order valence-electron chi connectivity index (χ0n) is 14.0. The summed E-state index contributed by atoms with van der Waals surface area (Å²) in [5.74, 6) is 0.444. The van der Waals surface area contributed by atoms with Crippen LogP contribution < -0.4 is 5.32 Å². The van der Waals surface area contributed by atoms with Crippen LogP contribution in [-0.4, -0.2) is 45.9 Å². The number of fused-ring (bicyclic) bond motifs is 1. The Morgan fingerprint density at radius 1 is 1.38 bits per heavy atom. The number of hydrogen-bond donors (Lipinski definition) is 1. The fraction of sp³-hybridized carbons (Fsp3) is 0.471. The summed E-state index contributed by atoms with van der Waals surface area (Å²) in [6.07, 6.45) is 1.09. The summed E-state index contributed by atoms with van der Waals surface area (Å²) in [5, 5.41) is 12.0. The molecule has 1 aliphatic rings. The lowest BCUT2D eigenvalue weighted by Crippen LogP contribution is -2.44. The first kappa shape index (κ1) is 17.4. The number of aryl methyl sites for hydroxylation is 1. The van der Waals surface area contributed by atoms with E-state index in [1.165, 1.54) is 34.2 Å². The summed E-state index contributed by atoms with van der Waals surface area (Å²) < 4.78 is 0.850. The third-order valence-corrected chi connectivity index (χ3v) is 5.96. The molecule has 0 bridgehead atoms. The second-order valence-corrected chi connectivity index (χ2v) is 8.50. The highest BCUT2D eigenvalue weighted by molar-refractivity contribution is 8.01. The van der Waals surface area contributed by atoms with Gasteiger partial charge in [0.05, 0.1) is 5.75 Å². The van der Waals surface area contributed by atoms with Crippen molar-refractivity contribution >= 4 is 29.0 Å². The lowest BCUT2D eigenvalue weighted by Gasteiger charge is -2.31. The van der Waals surface area contributed by atoms with Gasteiger partial charge in [-0.3, -0.25) is 9.69 Å². The Hall–Kier alpha value is -1.44. The van der Waals surface area contributed by atoms with Gasteiger partial charge in [0, 0.05) is 25.7 Å². The van der Waals surface area contributed by atoms with Crippen LogP contribution in [0.15, 0.2) is 28.6 Å². The number of carbonyl (C=O) groups is 1. The van der Waals surface area contributed by atoms with Gasteiger partial charge in [-0.05, 0) is 31.4 Å². The molecule has 2 aromatic rings. The fourth-order valence-electron chi connectivity index (χ4n) is 2.92. The number of nitrogens with zero attached hydrogens (tertiary/aromatic N) is 3. The summed E-state index contributed by atoms with van der Waals surface area (Å²) in [6, 6.07) is 8.75. The molecule has 0 spiro atoms. The Balaban J connectivity index is 1.42. The summed E-state index contributed by atoms with van der Waals surface area (Å²) in [5.41, 5.74) is 2.86. The maximum atomic E-state index is 12.1. The monoisotopic (exact) mass is 362 g/mol. The molecule has 0 fully saturated rings. The van der Waals surface area contributed by atoms with Crippen LogP contribution in [-0.2, 0) is 17.8 Å². The van der Waals surface area contributed by atoms with Gasteiger partial charge in [-0.2, -0.15) is 0 Å². The lowest BCUT2D eigenvalue weighted by molar-refractivity contribution is -0.119. The van der Waals surface area contributed by atoms with Crippen molar-refractivity contribution in [3.05, 3.63) is 40.4 Å². The summed E-state index contributed by atoms with van der Waals surface area (Å²) in [7, 11) is 0. The zero-order valence-corrected chi connectivity index (χ0v) is 15.6. The van der Waals surface area contributed by atoms with Crippen LogP contribution in [0, 0.1) is 6.92 Å². The third-order valence-electron chi connectivity index (χ3n) is 3.98. The quantitative estimate of drug-likeness (QED) is 0.800. The van der Waals surface area contributed by atoms with E-state index in [0.717, 1.165) is 35.4 Å². The van der Waals surface area contributed by atoms with Crippen molar-refractivity contribution in [2.24, 2.45) is 0 Å². The molecule has 1 amide bonds. The Kier molecular flexibility index (Phi) is 5.86.